The number of halogens is 1. The van der Waals surface area contributed by atoms with Crippen LogP contribution in [0.2, 0.25) is 5.02 Å². The fourth-order valence-corrected chi connectivity index (χ4v) is 3.25. The zero-order valence-electron chi connectivity index (χ0n) is 11.0. The molecule has 0 aliphatic rings. The molecule has 0 aliphatic carbocycles. The Hall–Kier alpha value is -1.48. The Balaban J connectivity index is 2.26. The van der Waals surface area contributed by atoms with Crippen LogP contribution in [0, 0.1) is 6.92 Å². The molecule has 0 atom stereocenters. The molecule has 0 aliphatic heterocycles. The molecule has 0 fully saturated rings. The molecule has 112 valence electrons. The highest BCUT2D eigenvalue weighted by atomic mass is 35.5. The minimum atomic E-state index is -3.82. The van der Waals surface area contributed by atoms with Crippen molar-refractivity contribution in [3.05, 3.63) is 46.3 Å². The number of sulfonamides is 1. The van der Waals surface area contributed by atoms with Crippen molar-refractivity contribution in [2.45, 2.75) is 18.4 Å². The summed E-state index contributed by atoms with van der Waals surface area (Å²) >= 11 is 10.8. The number of nitrogens with zero attached hydrogens (tertiary/aromatic N) is 1. The van der Waals surface area contributed by atoms with Crippen molar-refractivity contribution in [2.75, 3.05) is 0 Å². The van der Waals surface area contributed by atoms with Gasteiger partial charge in [0.2, 0.25) is 10.0 Å². The van der Waals surface area contributed by atoms with E-state index in [4.69, 9.17) is 34.1 Å². The monoisotopic (exact) mass is 345 g/mol. The van der Waals surface area contributed by atoms with Gasteiger partial charge in [0.1, 0.15) is 9.88 Å². The molecule has 3 N–H and O–H groups in total. The molecule has 21 heavy (non-hydrogen) atoms. The molecule has 1 heterocycles. The van der Waals surface area contributed by atoms with E-state index >= 15 is 0 Å². The molecule has 0 radical (unpaired) electrons. The van der Waals surface area contributed by atoms with Crippen LogP contribution in [0.3, 0.4) is 0 Å². The van der Waals surface area contributed by atoms with E-state index in [2.05, 4.69) is 9.88 Å². The van der Waals surface area contributed by atoms with Gasteiger partial charge in [0.05, 0.1) is 17.3 Å². The number of benzene rings is 1. The molecule has 0 bridgehead atoms. The van der Waals surface area contributed by atoms with Gasteiger partial charge in [0.25, 0.3) is 0 Å². The fraction of sp³-hybridized carbons (Fsp3) is 0.167. The molecule has 0 amide bonds. The van der Waals surface area contributed by atoms with Crippen molar-refractivity contribution in [1.82, 2.24) is 9.88 Å². The van der Waals surface area contributed by atoms with Crippen LogP contribution >= 0.6 is 23.8 Å². The maximum Gasteiger partial charge on any atom is 0.242 e. The van der Waals surface area contributed by atoms with Crippen LogP contribution in [0.1, 0.15) is 17.0 Å². The average Bonchev–Trinajstić information content (AvgIpc) is 2.82. The second kappa shape index (κ2) is 6.10. The van der Waals surface area contributed by atoms with Crippen LogP contribution in [0.25, 0.3) is 0 Å². The molecule has 0 unspecified atom stereocenters. The highest BCUT2D eigenvalue weighted by Gasteiger charge is 2.19. The molecule has 1 aromatic heterocycles. The number of nitrogens with two attached hydrogens (primary N) is 1. The standard InChI is InChI=1S/C12H12ClN3O3S2/c1-7-4-9(19-16-7)6-15-21(17,18)11-5-8(12(14)20)2-3-10(11)13/h2-5,15H,6H2,1H3,(H2,14,20). The Bertz CT molecular complexity index is 787. The molecule has 0 saturated carbocycles. The summed E-state index contributed by atoms with van der Waals surface area (Å²) in [6.45, 7) is 1.71. The SMILES string of the molecule is Cc1cc(CNS(=O)(=O)c2cc(C(N)=S)ccc2Cl)on1. The van der Waals surface area contributed by atoms with Crippen LogP contribution in [-0.2, 0) is 16.6 Å². The third-order valence-electron chi connectivity index (χ3n) is 2.62. The van der Waals surface area contributed by atoms with E-state index < -0.39 is 10.0 Å². The minimum Gasteiger partial charge on any atom is -0.389 e. The van der Waals surface area contributed by atoms with Gasteiger partial charge >= 0.3 is 0 Å². The zero-order chi connectivity index (χ0) is 15.6. The third-order valence-corrected chi connectivity index (χ3v) is 4.74. The van der Waals surface area contributed by atoms with Gasteiger partial charge in [0.15, 0.2) is 5.76 Å². The summed E-state index contributed by atoms with van der Waals surface area (Å²) in [7, 11) is -3.82. The quantitative estimate of drug-likeness (QED) is 0.801. The molecule has 9 heteroatoms. The molecule has 0 saturated heterocycles. The summed E-state index contributed by atoms with van der Waals surface area (Å²) in [4.78, 5) is -0.000296. The van der Waals surface area contributed by atoms with Crippen molar-refractivity contribution in [1.29, 1.82) is 0 Å². The first-order chi connectivity index (χ1) is 9.79. The number of hydrogen-bond acceptors (Lipinski definition) is 5. The number of thiocarbonyl (C=S) groups is 1. The van der Waals surface area contributed by atoms with E-state index in [9.17, 15) is 8.42 Å². The lowest BCUT2D eigenvalue weighted by Crippen LogP contribution is -2.24. The summed E-state index contributed by atoms with van der Waals surface area (Å²) in [5.41, 5.74) is 6.58. The third kappa shape index (κ3) is 3.79. The number of hydrogen-bond donors (Lipinski definition) is 2. The molecular weight excluding hydrogens is 334 g/mol. The highest BCUT2D eigenvalue weighted by molar-refractivity contribution is 7.89. The fourth-order valence-electron chi connectivity index (χ4n) is 1.61. The molecule has 6 nitrogen and oxygen atoms in total. The first kappa shape index (κ1) is 15.9. The maximum absolute atomic E-state index is 12.3. The second-order valence-corrected chi connectivity index (χ2v) is 6.85. The van der Waals surface area contributed by atoms with E-state index in [1.54, 1.807) is 19.1 Å². The molecule has 1 aromatic carbocycles. The summed E-state index contributed by atoms with van der Waals surface area (Å²) in [6.07, 6.45) is 0. The Morgan fingerprint density at radius 3 is 2.76 bits per heavy atom. The van der Waals surface area contributed by atoms with Gasteiger partial charge in [-0.2, -0.15) is 0 Å². The van der Waals surface area contributed by atoms with E-state index in [1.165, 1.54) is 12.1 Å². The van der Waals surface area contributed by atoms with Gasteiger partial charge in [0, 0.05) is 11.6 Å². The lowest BCUT2D eigenvalue weighted by Gasteiger charge is -2.08. The number of aryl methyl sites for hydroxylation is 1. The normalized spacial score (nSPS) is 11.5. The van der Waals surface area contributed by atoms with Gasteiger partial charge in [-0.3, -0.25) is 0 Å². The lowest BCUT2D eigenvalue weighted by molar-refractivity contribution is 0.377. The summed E-state index contributed by atoms with van der Waals surface area (Å²) < 4.78 is 31.9. The molecule has 2 aromatic rings. The van der Waals surface area contributed by atoms with Crippen LogP contribution in [-0.4, -0.2) is 18.6 Å². The first-order valence-corrected chi connectivity index (χ1v) is 8.08. The van der Waals surface area contributed by atoms with E-state index in [0.717, 1.165) is 0 Å². The Morgan fingerprint density at radius 1 is 1.48 bits per heavy atom. The summed E-state index contributed by atoms with van der Waals surface area (Å²) in [5, 5.41) is 3.76. The predicted molar refractivity (Wildman–Crippen MR) is 82.6 cm³/mol. The second-order valence-electron chi connectivity index (χ2n) is 4.27. The first-order valence-electron chi connectivity index (χ1n) is 5.81. The van der Waals surface area contributed by atoms with Gasteiger partial charge in [-0.25, -0.2) is 13.1 Å². The van der Waals surface area contributed by atoms with Crippen LogP contribution < -0.4 is 10.5 Å². The number of nitrogens with one attached hydrogen (secondary N) is 1. The Morgan fingerprint density at radius 2 is 2.19 bits per heavy atom. The van der Waals surface area contributed by atoms with Crippen LogP contribution in [0.4, 0.5) is 0 Å². The van der Waals surface area contributed by atoms with Crippen molar-refractivity contribution in [3.63, 3.8) is 0 Å². The van der Waals surface area contributed by atoms with E-state index in [1.807, 2.05) is 0 Å². The van der Waals surface area contributed by atoms with Crippen LogP contribution in [0.15, 0.2) is 33.7 Å². The topological polar surface area (TPSA) is 98.2 Å². The van der Waals surface area contributed by atoms with Crippen molar-refractivity contribution >= 4 is 38.8 Å². The lowest BCUT2D eigenvalue weighted by atomic mass is 10.2. The van der Waals surface area contributed by atoms with E-state index in [-0.39, 0.29) is 21.5 Å². The number of rotatable bonds is 5. The minimum absolute atomic E-state index is 0.0310. The van der Waals surface area contributed by atoms with Crippen molar-refractivity contribution in [2.24, 2.45) is 5.73 Å². The molecule has 0 spiro atoms. The summed E-state index contributed by atoms with van der Waals surface area (Å²) in [6, 6.07) is 5.96. The van der Waals surface area contributed by atoms with Crippen LogP contribution in [0.5, 0.6) is 0 Å². The van der Waals surface area contributed by atoms with Gasteiger partial charge in [-0.15, -0.1) is 0 Å². The van der Waals surface area contributed by atoms with E-state index in [0.29, 0.717) is 17.0 Å². The predicted octanol–water partition coefficient (Wildman–Crippen LogP) is 1.75. The van der Waals surface area contributed by atoms with Gasteiger partial charge < -0.3 is 10.3 Å². The molecule has 2 rings (SSSR count). The Kier molecular flexibility index (Phi) is 4.62. The zero-order valence-corrected chi connectivity index (χ0v) is 13.3. The highest BCUT2D eigenvalue weighted by Crippen LogP contribution is 2.23. The smallest absolute Gasteiger partial charge is 0.242 e. The molecular formula is C12H12ClN3O3S2. The number of aromatic nitrogens is 1. The van der Waals surface area contributed by atoms with Crippen molar-refractivity contribution in [3.8, 4) is 0 Å². The summed E-state index contributed by atoms with van der Waals surface area (Å²) in [5.74, 6) is 0.401. The van der Waals surface area contributed by atoms with Gasteiger partial charge in [-0.05, 0) is 19.1 Å². The average molecular weight is 346 g/mol. The largest absolute Gasteiger partial charge is 0.389 e. The van der Waals surface area contributed by atoms with Gasteiger partial charge in [-0.1, -0.05) is 35.0 Å². The maximum atomic E-state index is 12.3. The Labute approximate surface area is 132 Å². The van der Waals surface area contributed by atoms with Crippen molar-refractivity contribution < 1.29 is 12.9 Å².